The van der Waals surface area contributed by atoms with Gasteiger partial charge in [-0.1, -0.05) is 27.2 Å². The van der Waals surface area contributed by atoms with Crippen molar-refractivity contribution in [3.63, 3.8) is 0 Å². The fourth-order valence-electron chi connectivity index (χ4n) is 2.33. The minimum atomic E-state index is -1.10. The lowest BCUT2D eigenvalue weighted by Crippen LogP contribution is -2.48. The Balaban J connectivity index is 4.34. The summed E-state index contributed by atoms with van der Waals surface area (Å²) in [4.78, 5) is 22.3. The van der Waals surface area contributed by atoms with Gasteiger partial charge in [0.05, 0.1) is 0 Å². The van der Waals surface area contributed by atoms with Gasteiger partial charge in [-0.3, -0.25) is 4.79 Å². The molecular weight excluding hydrogens is 244 g/mol. The number of carbonyl (C=O) groups excluding carboxylic acids is 1. The quantitative estimate of drug-likeness (QED) is 0.667. The third-order valence-electron chi connectivity index (χ3n) is 3.22. The molecule has 2 amide bonds. The van der Waals surface area contributed by atoms with Crippen LogP contribution in [0.2, 0.25) is 0 Å². The molecular formula is C14H28N2O3. The van der Waals surface area contributed by atoms with E-state index >= 15 is 0 Å². The molecule has 5 heteroatoms. The number of carbonyl (C=O) groups is 2. The number of nitrogens with one attached hydrogen (secondary N) is 2. The topological polar surface area (TPSA) is 78.4 Å². The zero-order valence-electron chi connectivity index (χ0n) is 13.0. The first-order chi connectivity index (χ1) is 8.47. The number of hydrogen-bond acceptors (Lipinski definition) is 2. The van der Waals surface area contributed by atoms with Gasteiger partial charge >= 0.3 is 6.09 Å². The van der Waals surface area contributed by atoms with Gasteiger partial charge in [0.2, 0.25) is 5.91 Å². The molecule has 112 valence electrons. The predicted octanol–water partition coefficient (Wildman–Crippen LogP) is 2.75. The molecule has 0 spiro atoms. The van der Waals surface area contributed by atoms with Crippen LogP contribution in [-0.2, 0) is 4.79 Å². The van der Waals surface area contributed by atoms with Crippen molar-refractivity contribution in [2.45, 2.75) is 72.4 Å². The van der Waals surface area contributed by atoms with Crippen LogP contribution >= 0.6 is 0 Å². The first-order valence-electron chi connectivity index (χ1n) is 6.78. The highest BCUT2D eigenvalue weighted by atomic mass is 16.4. The lowest BCUT2D eigenvalue weighted by Gasteiger charge is -2.35. The second-order valence-corrected chi connectivity index (χ2v) is 6.68. The fraction of sp³-hybridized carbons (Fsp3) is 0.857. The summed E-state index contributed by atoms with van der Waals surface area (Å²) < 4.78 is 0. The van der Waals surface area contributed by atoms with Crippen molar-refractivity contribution in [3.8, 4) is 0 Å². The van der Waals surface area contributed by atoms with Crippen LogP contribution < -0.4 is 10.6 Å². The van der Waals surface area contributed by atoms with Crippen molar-refractivity contribution in [2.75, 3.05) is 0 Å². The number of rotatable bonds is 7. The largest absolute Gasteiger partial charge is 0.465 e. The lowest BCUT2D eigenvalue weighted by molar-refractivity contribution is -0.123. The van der Waals surface area contributed by atoms with Gasteiger partial charge in [0.1, 0.15) is 0 Å². The van der Waals surface area contributed by atoms with Gasteiger partial charge in [-0.2, -0.15) is 0 Å². The molecule has 1 atom stereocenters. The van der Waals surface area contributed by atoms with E-state index in [-0.39, 0.29) is 29.3 Å². The monoisotopic (exact) mass is 272 g/mol. The molecule has 0 aliphatic rings. The highest BCUT2D eigenvalue weighted by molar-refractivity contribution is 5.78. The second-order valence-electron chi connectivity index (χ2n) is 6.68. The zero-order valence-corrected chi connectivity index (χ0v) is 13.0. The predicted molar refractivity (Wildman–Crippen MR) is 76.2 cm³/mol. The molecule has 5 nitrogen and oxygen atoms in total. The van der Waals surface area contributed by atoms with Crippen LogP contribution in [0.5, 0.6) is 0 Å². The molecule has 0 rings (SSSR count). The van der Waals surface area contributed by atoms with Gasteiger partial charge in [0.25, 0.3) is 0 Å². The number of carboxylic acid groups (broad SMARTS) is 1. The van der Waals surface area contributed by atoms with E-state index in [1.54, 1.807) is 6.92 Å². The minimum absolute atomic E-state index is 0.127. The van der Waals surface area contributed by atoms with Gasteiger partial charge in [-0.15, -0.1) is 0 Å². The zero-order chi connectivity index (χ0) is 15.3. The molecule has 0 aliphatic heterocycles. The Morgan fingerprint density at radius 3 is 2.16 bits per heavy atom. The molecule has 0 aliphatic carbocycles. The molecule has 3 N–H and O–H groups in total. The summed E-state index contributed by atoms with van der Waals surface area (Å²) in [5.41, 5.74) is -0.124. The van der Waals surface area contributed by atoms with Gasteiger partial charge in [0.15, 0.2) is 0 Å². The van der Waals surface area contributed by atoms with E-state index in [1.807, 2.05) is 13.8 Å². The molecule has 0 bridgehead atoms. The smallest absolute Gasteiger partial charge is 0.404 e. The van der Waals surface area contributed by atoms with Crippen LogP contribution in [0.4, 0.5) is 4.79 Å². The Bertz CT molecular complexity index is 325. The van der Waals surface area contributed by atoms with E-state index in [4.69, 9.17) is 5.11 Å². The van der Waals surface area contributed by atoms with Crippen molar-refractivity contribution in [2.24, 2.45) is 5.41 Å². The summed E-state index contributed by atoms with van der Waals surface area (Å²) in [5, 5.41) is 13.8. The minimum Gasteiger partial charge on any atom is -0.465 e. The van der Waals surface area contributed by atoms with E-state index in [0.29, 0.717) is 0 Å². The van der Waals surface area contributed by atoms with Crippen LogP contribution in [0.15, 0.2) is 0 Å². The maximum atomic E-state index is 11.9. The van der Waals surface area contributed by atoms with Crippen LogP contribution in [0.3, 0.4) is 0 Å². The molecule has 0 aromatic heterocycles. The Hall–Kier alpha value is -1.26. The van der Waals surface area contributed by atoms with E-state index < -0.39 is 6.09 Å². The second kappa shape index (κ2) is 6.78. The van der Waals surface area contributed by atoms with Gasteiger partial charge < -0.3 is 15.7 Å². The van der Waals surface area contributed by atoms with Crippen molar-refractivity contribution < 1.29 is 14.7 Å². The van der Waals surface area contributed by atoms with Crippen molar-refractivity contribution >= 4 is 12.0 Å². The fourth-order valence-corrected chi connectivity index (χ4v) is 2.33. The lowest BCUT2D eigenvalue weighted by atomic mass is 9.78. The van der Waals surface area contributed by atoms with E-state index in [9.17, 15) is 9.59 Å². The third kappa shape index (κ3) is 8.46. The highest BCUT2D eigenvalue weighted by Crippen LogP contribution is 2.30. The Labute approximate surface area is 116 Å². The van der Waals surface area contributed by atoms with E-state index in [0.717, 1.165) is 12.8 Å². The van der Waals surface area contributed by atoms with Crippen molar-refractivity contribution in [3.05, 3.63) is 0 Å². The van der Waals surface area contributed by atoms with E-state index in [2.05, 4.69) is 31.4 Å². The van der Waals surface area contributed by atoms with E-state index in [1.165, 1.54) is 0 Å². The highest BCUT2D eigenvalue weighted by Gasteiger charge is 2.29. The van der Waals surface area contributed by atoms with Crippen molar-refractivity contribution in [1.82, 2.24) is 10.6 Å². The molecule has 1 unspecified atom stereocenters. The maximum absolute atomic E-state index is 11.9. The first kappa shape index (κ1) is 17.7. The van der Waals surface area contributed by atoms with Gasteiger partial charge in [-0.05, 0) is 32.6 Å². The Morgan fingerprint density at radius 1 is 1.21 bits per heavy atom. The van der Waals surface area contributed by atoms with Crippen LogP contribution in [0.25, 0.3) is 0 Å². The average Bonchev–Trinajstić information content (AvgIpc) is 2.12. The summed E-state index contributed by atoms with van der Waals surface area (Å²) >= 11 is 0. The molecule has 19 heavy (non-hydrogen) atoms. The van der Waals surface area contributed by atoms with Crippen LogP contribution in [0, 0.1) is 5.41 Å². The van der Waals surface area contributed by atoms with Gasteiger partial charge in [-0.25, -0.2) is 4.79 Å². The van der Waals surface area contributed by atoms with Crippen LogP contribution in [0.1, 0.15) is 60.8 Å². The number of amides is 2. The molecule has 0 aromatic carbocycles. The molecule has 0 saturated heterocycles. The SMILES string of the molecule is CCC(C)(C)CC(C)(C)NC(=O)CC(C)NC(=O)O. The molecule has 0 radical (unpaired) electrons. The Morgan fingerprint density at radius 2 is 1.74 bits per heavy atom. The summed E-state index contributed by atoms with van der Waals surface area (Å²) in [6.45, 7) is 12.2. The van der Waals surface area contributed by atoms with Gasteiger partial charge in [0, 0.05) is 18.0 Å². The van der Waals surface area contributed by atoms with Crippen LogP contribution in [-0.4, -0.2) is 28.7 Å². The maximum Gasteiger partial charge on any atom is 0.404 e. The molecule has 0 saturated carbocycles. The summed E-state index contributed by atoms with van der Waals surface area (Å²) in [6.07, 6.45) is 0.973. The summed E-state index contributed by atoms with van der Waals surface area (Å²) in [6, 6.07) is -0.382. The molecule has 0 heterocycles. The van der Waals surface area contributed by atoms with Crippen molar-refractivity contribution in [1.29, 1.82) is 0 Å². The molecule has 0 aromatic rings. The third-order valence-corrected chi connectivity index (χ3v) is 3.22. The Kier molecular flexibility index (Phi) is 6.33. The standard InChI is InChI=1S/C14H28N2O3/c1-7-13(3,4)9-14(5,6)16-11(17)8-10(2)15-12(18)19/h10,15H,7-9H2,1-6H3,(H,16,17)(H,18,19). The molecule has 0 fully saturated rings. The summed E-state index contributed by atoms with van der Waals surface area (Å²) in [7, 11) is 0. The summed E-state index contributed by atoms with van der Waals surface area (Å²) in [5.74, 6) is -0.127. The number of hydrogen-bond donors (Lipinski definition) is 3. The normalized spacial score (nSPS) is 13.8. The average molecular weight is 272 g/mol. The first-order valence-corrected chi connectivity index (χ1v) is 6.78.